The minimum absolute atomic E-state index is 0.00691. The molecule has 5 aromatic rings. The lowest BCUT2D eigenvalue weighted by Gasteiger charge is -2.15. The van der Waals surface area contributed by atoms with Gasteiger partial charge in [0.15, 0.2) is 10.9 Å². The van der Waals surface area contributed by atoms with Gasteiger partial charge in [-0.25, -0.2) is 4.98 Å². The third kappa shape index (κ3) is 4.35. The Morgan fingerprint density at radius 2 is 1.77 bits per heavy atom. The molecule has 0 aliphatic carbocycles. The number of carbonyl (C=O) groups is 1. The van der Waals surface area contributed by atoms with Crippen LogP contribution < -0.4 is 5.56 Å². The number of para-hydroxylation sites is 2. The highest BCUT2D eigenvalue weighted by atomic mass is 32.2. The van der Waals surface area contributed by atoms with E-state index in [4.69, 9.17) is 9.40 Å². The van der Waals surface area contributed by atoms with Gasteiger partial charge in [0.05, 0.1) is 35.2 Å². The summed E-state index contributed by atoms with van der Waals surface area (Å²) in [5, 5.41) is 1.05. The van der Waals surface area contributed by atoms with E-state index in [2.05, 4.69) is 4.57 Å². The molecule has 0 saturated carbocycles. The van der Waals surface area contributed by atoms with Gasteiger partial charge in [-0.1, -0.05) is 42.1 Å². The smallest absolute Gasteiger partial charge is 0.266 e. The van der Waals surface area contributed by atoms with Crippen LogP contribution >= 0.6 is 11.8 Å². The molecule has 35 heavy (non-hydrogen) atoms. The molecule has 3 heterocycles. The van der Waals surface area contributed by atoms with Gasteiger partial charge in [-0.15, -0.1) is 0 Å². The lowest BCUT2D eigenvalue weighted by atomic mass is 10.2. The molecule has 0 fully saturated rings. The summed E-state index contributed by atoms with van der Waals surface area (Å²) in [4.78, 5) is 31.6. The van der Waals surface area contributed by atoms with Crippen LogP contribution in [0.4, 0.5) is 0 Å². The summed E-state index contributed by atoms with van der Waals surface area (Å²) in [6.07, 6.45) is 1.65. The van der Waals surface area contributed by atoms with E-state index in [1.165, 1.54) is 11.8 Å². The molecule has 0 aliphatic rings. The van der Waals surface area contributed by atoms with E-state index in [0.29, 0.717) is 28.2 Å². The molecule has 0 unspecified atom stereocenters. The first-order valence-corrected chi connectivity index (χ1v) is 12.4. The van der Waals surface area contributed by atoms with Crippen LogP contribution in [-0.4, -0.2) is 25.7 Å². The van der Waals surface area contributed by atoms with E-state index in [-0.39, 0.29) is 17.1 Å². The Hall–Kier alpha value is -3.84. The van der Waals surface area contributed by atoms with Crippen LogP contribution in [0.5, 0.6) is 0 Å². The Balaban J connectivity index is 1.49. The number of furan rings is 1. The van der Waals surface area contributed by atoms with Crippen molar-refractivity contribution in [3.8, 4) is 5.69 Å². The maximum atomic E-state index is 13.5. The molecule has 0 aliphatic heterocycles. The van der Waals surface area contributed by atoms with Crippen molar-refractivity contribution >= 4 is 28.4 Å². The molecule has 0 spiro atoms. The predicted molar refractivity (Wildman–Crippen MR) is 139 cm³/mol. The third-order valence-corrected chi connectivity index (χ3v) is 7.14. The van der Waals surface area contributed by atoms with Crippen molar-refractivity contribution in [2.45, 2.75) is 32.5 Å². The SMILES string of the molecule is Cc1ccccc1-n1c(SCC(=O)c2cc(C)n(Cc3ccco3)c2C)nc2ccccc2c1=O. The number of aromatic nitrogens is 3. The van der Waals surface area contributed by atoms with Gasteiger partial charge >= 0.3 is 0 Å². The quantitative estimate of drug-likeness (QED) is 0.168. The van der Waals surface area contributed by atoms with E-state index in [1.807, 2.05) is 81.4 Å². The molecule has 5 rings (SSSR count). The second-order valence-electron chi connectivity index (χ2n) is 8.50. The third-order valence-electron chi connectivity index (χ3n) is 6.20. The van der Waals surface area contributed by atoms with Gasteiger partial charge in [0, 0.05) is 17.0 Å². The summed E-state index contributed by atoms with van der Waals surface area (Å²) < 4.78 is 9.18. The molecule has 0 N–H and O–H groups in total. The van der Waals surface area contributed by atoms with Crippen LogP contribution in [0.2, 0.25) is 0 Å². The van der Waals surface area contributed by atoms with Crippen molar-refractivity contribution in [3.63, 3.8) is 0 Å². The van der Waals surface area contributed by atoms with E-state index in [9.17, 15) is 9.59 Å². The summed E-state index contributed by atoms with van der Waals surface area (Å²) in [5.41, 5.74) is 4.77. The van der Waals surface area contributed by atoms with Gasteiger partial charge in [-0.3, -0.25) is 14.2 Å². The van der Waals surface area contributed by atoms with Crippen molar-refractivity contribution in [2.75, 3.05) is 5.75 Å². The molecule has 6 nitrogen and oxygen atoms in total. The molecule has 0 atom stereocenters. The first-order chi connectivity index (χ1) is 16.9. The average molecular weight is 484 g/mol. The molecular formula is C28H25N3O3S. The van der Waals surface area contributed by atoms with Gasteiger partial charge in [0.1, 0.15) is 5.76 Å². The highest BCUT2D eigenvalue weighted by Gasteiger charge is 2.20. The zero-order valence-electron chi connectivity index (χ0n) is 19.8. The van der Waals surface area contributed by atoms with E-state index >= 15 is 0 Å². The summed E-state index contributed by atoms with van der Waals surface area (Å²) in [5.74, 6) is 0.997. The van der Waals surface area contributed by atoms with Crippen LogP contribution in [0, 0.1) is 20.8 Å². The average Bonchev–Trinajstić information content (AvgIpc) is 3.47. The Kier molecular flexibility index (Phi) is 6.17. The number of fused-ring (bicyclic) bond motifs is 1. The topological polar surface area (TPSA) is 70.0 Å². The van der Waals surface area contributed by atoms with Crippen LogP contribution in [0.1, 0.15) is 33.1 Å². The van der Waals surface area contributed by atoms with Gasteiger partial charge < -0.3 is 8.98 Å². The van der Waals surface area contributed by atoms with Crippen molar-refractivity contribution in [2.24, 2.45) is 0 Å². The normalized spacial score (nSPS) is 11.3. The highest BCUT2D eigenvalue weighted by Crippen LogP contribution is 2.25. The first-order valence-electron chi connectivity index (χ1n) is 11.4. The fourth-order valence-electron chi connectivity index (χ4n) is 4.33. The van der Waals surface area contributed by atoms with Gasteiger partial charge in [0.2, 0.25) is 0 Å². The second kappa shape index (κ2) is 9.43. The number of benzene rings is 2. The summed E-state index contributed by atoms with van der Waals surface area (Å²) in [7, 11) is 0. The molecule has 0 amide bonds. The number of carbonyl (C=O) groups excluding carboxylic acids is 1. The van der Waals surface area contributed by atoms with Crippen molar-refractivity contribution in [1.29, 1.82) is 0 Å². The van der Waals surface area contributed by atoms with Crippen molar-refractivity contribution in [1.82, 2.24) is 14.1 Å². The lowest BCUT2D eigenvalue weighted by Crippen LogP contribution is -2.23. The fraction of sp³-hybridized carbons (Fsp3) is 0.179. The van der Waals surface area contributed by atoms with Crippen LogP contribution in [-0.2, 0) is 6.54 Å². The van der Waals surface area contributed by atoms with Crippen LogP contribution in [0.15, 0.2) is 87.4 Å². The number of nitrogens with zero attached hydrogens (tertiary/aromatic N) is 3. The van der Waals surface area contributed by atoms with Crippen molar-refractivity contribution < 1.29 is 9.21 Å². The number of Topliss-reactive ketones (excluding diaryl/α,β-unsaturated/α-hetero) is 1. The number of aryl methyl sites for hydroxylation is 2. The minimum Gasteiger partial charge on any atom is -0.467 e. The minimum atomic E-state index is -0.142. The molecular weight excluding hydrogens is 458 g/mol. The first kappa shape index (κ1) is 22.9. The summed E-state index contributed by atoms with van der Waals surface area (Å²) in [6.45, 7) is 6.47. The largest absolute Gasteiger partial charge is 0.467 e. The predicted octanol–water partition coefficient (Wildman–Crippen LogP) is 5.73. The Bertz CT molecular complexity index is 1600. The van der Waals surface area contributed by atoms with Crippen LogP contribution in [0.25, 0.3) is 16.6 Å². The summed E-state index contributed by atoms with van der Waals surface area (Å²) >= 11 is 1.29. The second-order valence-corrected chi connectivity index (χ2v) is 9.44. The van der Waals surface area contributed by atoms with E-state index in [1.54, 1.807) is 16.9 Å². The maximum absolute atomic E-state index is 13.5. The number of hydrogen-bond acceptors (Lipinski definition) is 5. The number of hydrogen-bond donors (Lipinski definition) is 0. The lowest BCUT2D eigenvalue weighted by molar-refractivity contribution is 0.102. The molecule has 0 saturated heterocycles. The molecule has 0 bridgehead atoms. The zero-order chi connectivity index (χ0) is 24.5. The molecule has 0 radical (unpaired) electrons. The summed E-state index contributed by atoms with van der Waals surface area (Å²) in [6, 6.07) is 20.7. The van der Waals surface area contributed by atoms with Crippen LogP contribution in [0.3, 0.4) is 0 Å². The van der Waals surface area contributed by atoms with Gasteiger partial charge in [-0.05, 0) is 62.7 Å². The van der Waals surface area contributed by atoms with Gasteiger partial charge in [-0.2, -0.15) is 0 Å². The monoisotopic (exact) mass is 483 g/mol. The Morgan fingerprint density at radius 3 is 2.54 bits per heavy atom. The molecule has 7 heteroatoms. The van der Waals surface area contributed by atoms with Crippen molar-refractivity contribution in [3.05, 3.63) is 112 Å². The van der Waals surface area contributed by atoms with E-state index < -0.39 is 0 Å². The zero-order valence-corrected chi connectivity index (χ0v) is 20.6. The number of thioether (sulfide) groups is 1. The highest BCUT2D eigenvalue weighted by molar-refractivity contribution is 7.99. The van der Waals surface area contributed by atoms with E-state index in [0.717, 1.165) is 28.4 Å². The standard InChI is InChI=1S/C28H25N3O3S/c1-18-9-4-7-13-25(18)31-27(33)22-11-5-6-12-24(22)29-28(31)35-17-26(32)23-15-19(2)30(20(23)3)16-21-10-8-14-34-21/h4-15H,16-17H2,1-3H3. The van der Waals surface area contributed by atoms with Gasteiger partial charge in [0.25, 0.3) is 5.56 Å². The molecule has 3 aromatic heterocycles. The molecule has 2 aromatic carbocycles. The fourth-order valence-corrected chi connectivity index (χ4v) is 5.22. The Morgan fingerprint density at radius 1 is 1.00 bits per heavy atom. The molecule has 176 valence electrons. The number of ketones is 1. The maximum Gasteiger partial charge on any atom is 0.266 e. The number of rotatable bonds is 7. The Labute approximate surface area is 207 Å².